The van der Waals surface area contributed by atoms with Crippen molar-refractivity contribution in [3.63, 3.8) is 0 Å². The predicted molar refractivity (Wildman–Crippen MR) is 174 cm³/mol. The van der Waals surface area contributed by atoms with Crippen molar-refractivity contribution in [3.8, 4) is 0 Å². The number of hydrogen-bond acceptors (Lipinski definition) is 8. The zero-order valence-corrected chi connectivity index (χ0v) is 26.2. The van der Waals surface area contributed by atoms with Gasteiger partial charge >= 0.3 is 5.69 Å². The van der Waals surface area contributed by atoms with E-state index >= 15 is 0 Å². The normalized spacial score (nSPS) is 17.2. The second kappa shape index (κ2) is 13.1. The first-order valence-electron chi connectivity index (χ1n) is 15.5. The van der Waals surface area contributed by atoms with Crippen LogP contribution in [-0.4, -0.2) is 83.2 Å². The highest BCUT2D eigenvalue weighted by molar-refractivity contribution is 5.88. The number of rotatable bonds is 8. The van der Waals surface area contributed by atoms with Gasteiger partial charge in [0.2, 0.25) is 0 Å². The molecule has 6 rings (SSSR count). The third-order valence-corrected chi connectivity index (χ3v) is 8.78. The van der Waals surface area contributed by atoms with Crippen LogP contribution in [0, 0.1) is 0 Å². The fraction of sp³-hybridized carbons (Fsp3) is 0.485. The molecule has 4 aromatic rings. The van der Waals surface area contributed by atoms with Gasteiger partial charge in [-0.2, -0.15) is 0 Å². The molecule has 1 aromatic carbocycles. The molecule has 1 unspecified atom stereocenters. The Hall–Kier alpha value is -3.77. The maximum atomic E-state index is 14.7. The summed E-state index contributed by atoms with van der Waals surface area (Å²) in [5.41, 5.74) is 3.12. The summed E-state index contributed by atoms with van der Waals surface area (Å²) < 4.78 is 17.0. The van der Waals surface area contributed by atoms with Crippen molar-refractivity contribution in [2.24, 2.45) is 7.05 Å². The van der Waals surface area contributed by atoms with Gasteiger partial charge in [0, 0.05) is 65.0 Å². The summed E-state index contributed by atoms with van der Waals surface area (Å²) in [6.45, 7) is 10.6. The van der Waals surface area contributed by atoms with E-state index in [1.54, 1.807) is 24.9 Å². The number of morpholine rings is 1. The van der Waals surface area contributed by atoms with Crippen molar-refractivity contribution in [3.05, 3.63) is 80.3 Å². The molecule has 0 saturated carbocycles. The van der Waals surface area contributed by atoms with E-state index in [0.717, 1.165) is 60.3 Å². The van der Waals surface area contributed by atoms with Gasteiger partial charge in [-0.1, -0.05) is 35.9 Å². The van der Waals surface area contributed by atoms with Crippen molar-refractivity contribution in [2.45, 2.75) is 39.6 Å². The fourth-order valence-electron chi connectivity index (χ4n) is 6.60. The van der Waals surface area contributed by atoms with Crippen LogP contribution in [0.15, 0.2) is 57.8 Å². The Morgan fingerprint density at radius 3 is 2.61 bits per heavy atom. The first kappa shape index (κ1) is 30.3. The lowest BCUT2D eigenvalue weighted by Crippen LogP contribution is -2.42. The molecule has 0 bridgehead atoms. The predicted octanol–water partition coefficient (Wildman–Crippen LogP) is 2.84. The zero-order chi connectivity index (χ0) is 30.8. The first-order valence-corrected chi connectivity index (χ1v) is 15.5. The Morgan fingerprint density at radius 1 is 1.05 bits per heavy atom. The average molecular weight is 602 g/mol. The molecule has 0 amide bonds. The van der Waals surface area contributed by atoms with E-state index in [-0.39, 0.29) is 17.8 Å². The quantitative estimate of drug-likeness (QED) is 0.308. The van der Waals surface area contributed by atoms with E-state index in [0.29, 0.717) is 49.6 Å². The molecule has 0 radical (unpaired) electrons. The highest BCUT2D eigenvalue weighted by Gasteiger charge is 2.35. The number of fused-ring (bicyclic) bond motifs is 2. The zero-order valence-electron chi connectivity index (χ0n) is 26.2. The summed E-state index contributed by atoms with van der Waals surface area (Å²) in [4.78, 5) is 38.1. The van der Waals surface area contributed by atoms with Crippen LogP contribution in [0.1, 0.15) is 37.8 Å². The number of hydrogen-bond donors (Lipinski definition) is 1. The van der Waals surface area contributed by atoms with E-state index in [2.05, 4.69) is 44.6 Å². The standard InChI is InChI=1S/C33H43N7O4/c1-23(2)11-16-39-29-28(27(30(39)37-15-7-12-34-14-17-37)32(43-4)38-18-20-44-21-19-38)36(3)33(42)40(31(29)41)22-26-25-9-6-5-8-24(25)10-13-35-26/h5-6,8-11,13,32,34H,7,12,14-22H2,1-4H3. The van der Waals surface area contributed by atoms with Crippen LogP contribution in [0.25, 0.3) is 21.8 Å². The number of nitrogens with one attached hydrogen (secondary N) is 1. The summed E-state index contributed by atoms with van der Waals surface area (Å²) >= 11 is 0. The number of pyridine rings is 1. The monoisotopic (exact) mass is 601 g/mol. The minimum absolute atomic E-state index is 0.0755. The topological polar surface area (TPSA) is 98.8 Å². The number of aryl methyl sites for hydroxylation is 1. The van der Waals surface area contributed by atoms with Gasteiger partial charge in [-0.05, 0) is 38.3 Å². The highest BCUT2D eigenvalue weighted by Crippen LogP contribution is 2.39. The molecule has 11 heteroatoms. The largest absolute Gasteiger partial charge is 0.379 e. The Balaban J connectivity index is 1.65. The molecular formula is C33H43N7O4. The minimum atomic E-state index is -0.457. The van der Waals surface area contributed by atoms with Crippen molar-refractivity contribution < 1.29 is 9.47 Å². The summed E-state index contributed by atoms with van der Waals surface area (Å²) in [5, 5.41) is 5.45. The van der Waals surface area contributed by atoms with Gasteiger partial charge in [0.15, 0.2) is 0 Å². The molecule has 234 valence electrons. The molecule has 1 atom stereocenters. The van der Waals surface area contributed by atoms with E-state index in [1.165, 1.54) is 4.57 Å². The number of ether oxygens (including phenoxy) is 2. The van der Waals surface area contributed by atoms with E-state index in [9.17, 15) is 9.59 Å². The lowest BCUT2D eigenvalue weighted by Gasteiger charge is -2.35. The molecule has 0 spiro atoms. The lowest BCUT2D eigenvalue weighted by molar-refractivity contribution is -0.0803. The van der Waals surface area contributed by atoms with Crippen LogP contribution in [0.2, 0.25) is 0 Å². The van der Waals surface area contributed by atoms with Crippen LogP contribution < -0.4 is 21.5 Å². The van der Waals surface area contributed by atoms with E-state index in [1.807, 2.05) is 30.3 Å². The smallest absolute Gasteiger partial charge is 0.331 e. The number of allylic oxidation sites excluding steroid dienone is 2. The molecule has 1 N–H and O–H groups in total. The van der Waals surface area contributed by atoms with Crippen LogP contribution >= 0.6 is 0 Å². The first-order chi connectivity index (χ1) is 21.4. The molecule has 5 heterocycles. The van der Waals surface area contributed by atoms with Crippen LogP contribution in [0.3, 0.4) is 0 Å². The molecule has 0 aliphatic carbocycles. The molecule has 2 saturated heterocycles. The maximum Gasteiger partial charge on any atom is 0.331 e. The van der Waals surface area contributed by atoms with Crippen LogP contribution in [0.4, 0.5) is 5.82 Å². The molecule has 44 heavy (non-hydrogen) atoms. The maximum absolute atomic E-state index is 14.7. The van der Waals surface area contributed by atoms with Gasteiger partial charge in [-0.15, -0.1) is 0 Å². The summed E-state index contributed by atoms with van der Waals surface area (Å²) in [7, 11) is 3.48. The number of aromatic nitrogens is 4. The minimum Gasteiger partial charge on any atom is -0.379 e. The van der Waals surface area contributed by atoms with E-state index < -0.39 is 6.23 Å². The van der Waals surface area contributed by atoms with E-state index in [4.69, 9.17) is 9.47 Å². The van der Waals surface area contributed by atoms with Gasteiger partial charge in [0.05, 0.1) is 36.5 Å². The number of nitrogens with zero attached hydrogens (tertiary/aromatic N) is 6. The van der Waals surface area contributed by atoms with Gasteiger partial charge < -0.3 is 24.3 Å². The number of methoxy groups -OCH3 is 1. The van der Waals surface area contributed by atoms with Gasteiger partial charge in [-0.3, -0.25) is 23.8 Å². The van der Waals surface area contributed by atoms with Crippen LogP contribution in [0.5, 0.6) is 0 Å². The number of anilines is 1. The Labute approximate surface area is 257 Å². The van der Waals surface area contributed by atoms with Crippen LogP contribution in [-0.2, 0) is 29.6 Å². The summed E-state index contributed by atoms with van der Waals surface area (Å²) in [5.74, 6) is 0.938. The SMILES string of the molecule is COC(c1c(N2CCCNCC2)n(CC=C(C)C)c2c(=O)n(Cc3nccc4ccccc34)c(=O)n(C)c12)N1CCOCC1. The molecule has 2 aliphatic heterocycles. The Bertz CT molecular complexity index is 1780. The molecule has 11 nitrogen and oxygen atoms in total. The Kier molecular flexibility index (Phi) is 8.99. The molecule has 3 aromatic heterocycles. The van der Waals surface area contributed by atoms with Gasteiger partial charge in [0.25, 0.3) is 5.56 Å². The third-order valence-electron chi connectivity index (χ3n) is 8.78. The molecule has 2 aliphatic rings. The second-order valence-corrected chi connectivity index (χ2v) is 11.9. The Morgan fingerprint density at radius 2 is 1.84 bits per heavy atom. The average Bonchev–Trinajstić information content (AvgIpc) is 3.16. The highest BCUT2D eigenvalue weighted by atomic mass is 16.5. The fourth-order valence-corrected chi connectivity index (χ4v) is 6.60. The van der Waals surface area contributed by atoms with Crippen molar-refractivity contribution >= 4 is 27.6 Å². The van der Waals surface area contributed by atoms with Crippen molar-refractivity contribution in [1.29, 1.82) is 0 Å². The van der Waals surface area contributed by atoms with Gasteiger partial charge in [-0.25, -0.2) is 4.79 Å². The van der Waals surface area contributed by atoms with Gasteiger partial charge in [0.1, 0.15) is 17.6 Å². The number of benzene rings is 1. The van der Waals surface area contributed by atoms with Crippen molar-refractivity contribution in [1.82, 2.24) is 28.9 Å². The second-order valence-electron chi connectivity index (χ2n) is 11.9. The summed E-state index contributed by atoms with van der Waals surface area (Å²) in [6.07, 6.45) is 4.38. The molecular weight excluding hydrogens is 558 g/mol. The molecule has 2 fully saturated rings. The third kappa shape index (κ3) is 5.61. The summed E-state index contributed by atoms with van der Waals surface area (Å²) in [6, 6.07) is 9.87. The van der Waals surface area contributed by atoms with Crippen molar-refractivity contribution in [2.75, 3.05) is 64.5 Å². The lowest BCUT2D eigenvalue weighted by atomic mass is 10.1.